The summed E-state index contributed by atoms with van der Waals surface area (Å²) in [6, 6.07) is 3.54. The van der Waals surface area contributed by atoms with E-state index in [1.807, 2.05) is 0 Å². The van der Waals surface area contributed by atoms with Crippen LogP contribution in [0.25, 0.3) is 0 Å². The second-order valence-electron chi connectivity index (χ2n) is 2.96. The highest BCUT2D eigenvalue weighted by molar-refractivity contribution is 5.81. The maximum Gasteiger partial charge on any atom is 0.407 e. The molecular formula is C10H10FNO4. The average molecular weight is 227 g/mol. The topological polar surface area (TPSA) is 75.6 Å². The number of aliphatic carboxylic acids is 1. The van der Waals surface area contributed by atoms with Crippen LogP contribution in [-0.2, 0) is 9.53 Å². The Bertz CT molecular complexity index is 390. The van der Waals surface area contributed by atoms with E-state index in [2.05, 4.69) is 10.1 Å². The third-order valence-corrected chi connectivity index (χ3v) is 1.90. The van der Waals surface area contributed by atoms with Crippen LogP contribution in [-0.4, -0.2) is 24.3 Å². The maximum atomic E-state index is 12.6. The van der Waals surface area contributed by atoms with E-state index in [0.717, 1.165) is 19.2 Å². The third kappa shape index (κ3) is 2.94. The summed E-state index contributed by atoms with van der Waals surface area (Å²) in [5.41, 5.74) is 0.263. The lowest BCUT2D eigenvalue weighted by Gasteiger charge is -2.13. The summed E-state index contributed by atoms with van der Waals surface area (Å²) in [5.74, 6) is -1.73. The molecule has 1 amide bonds. The second kappa shape index (κ2) is 5.11. The summed E-state index contributed by atoms with van der Waals surface area (Å²) >= 11 is 0. The molecule has 2 N–H and O–H groups in total. The lowest BCUT2D eigenvalue weighted by atomic mass is 10.1. The molecule has 0 saturated carbocycles. The zero-order valence-corrected chi connectivity index (χ0v) is 8.44. The van der Waals surface area contributed by atoms with E-state index in [4.69, 9.17) is 5.11 Å². The number of carbonyl (C=O) groups is 2. The van der Waals surface area contributed by atoms with Crippen molar-refractivity contribution >= 4 is 12.1 Å². The van der Waals surface area contributed by atoms with Crippen LogP contribution < -0.4 is 5.32 Å². The van der Waals surface area contributed by atoms with E-state index >= 15 is 0 Å². The van der Waals surface area contributed by atoms with Gasteiger partial charge in [0.1, 0.15) is 5.82 Å². The Kier molecular flexibility index (Phi) is 3.82. The van der Waals surface area contributed by atoms with E-state index in [1.54, 1.807) is 0 Å². The van der Waals surface area contributed by atoms with Crippen LogP contribution in [0.2, 0.25) is 0 Å². The summed E-state index contributed by atoms with van der Waals surface area (Å²) in [7, 11) is 1.12. The van der Waals surface area contributed by atoms with Gasteiger partial charge in [-0.25, -0.2) is 14.0 Å². The Morgan fingerprint density at radius 2 is 1.94 bits per heavy atom. The van der Waals surface area contributed by atoms with E-state index in [1.165, 1.54) is 12.1 Å². The smallest absolute Gasteiger partial charge is 0.407 e. The predicted octanol–water partition coefficient (Wildman–Crippen LogP) is 1.31. The van der Waals surface area contributed by atoms with Gasteiger partial charge in [-0.1, -0.05) is 12.1 Å². The number of alkyl carbamates (subject to hydrolysis) is 1. The summed E-state index contributed by atoms with van der Waals surface area (Å²) < 4.78 is 16.9. The Hall–Kier alpha value is -2.11. The normalized spacial score (nSPS) is 11.6. The summed E-state index contributed by atoms with van der Waals surface area (Å²) in [6.45, 7) is 0. The van der Waals surface area contributed by atoms with Gasteiger partial charge in [-0.2, -0.15) is 0 Å². The van der Waals surface area contributed by atoms with Crippen molar-refractivity contribution in [2.75, 3.05) is 7.11 Å². The molecule has 1 rings (SSSR count). The number of methoxy groups -OCH3 is 1. The first-order valence-electron chi connectivity index (χ1n) is 4.37. The Labute approximate surface area is 90.8 Å². The quantitative estimate of drug-likeness (QED) is 0.816. The lowest BCUT2D eigenvalue weighted by molar-refractivity contribution is -0.139. The van der Waals surface area contributed by atoms with Crippen LogP contribution >= 0.6 is 0 Å². The highest BCUT2D eigenvalue weighted by atomic mass is 19.1. The monoisotopic (exact) mass is 227 g/mol. The summed E-state index contributed by atoms with van der Waals surface area (Å²) in [4.78, 5) is 21.8. The standard InChI is InChI=1S/C10H10FNO4/c1-16-10(15)12-8(9(13)14)6-2-4-7(11)5-3-6/h2-5,8H,1H3,(H,12,15)(H,13,14)/t8-/m0/s1. The van der Waals surface area contributed by atoms with Crippen molar-refractivity contribution in [1.29, 1.82) is 0 Å². The number of rotatable bonds is 3. The molecule has 1 atom stereocenters. The largest absolute Gasteiger partial charge is 0.479 e. The zero-order chi connectivity index (χ0) is 12.1. The van der Waals surface area contributed by atoms with Crippen LogP contribution in [0.4, 0.5) is 9.18 Å². The first-order valence-corrected chi connectivity index (χ1v) is 4.37. The van der Waals surface area contributed by atoms with Crippen LogP contribution in [0.3, 0.4) is 0 Å². The Morgan fingerprint density at radius 3 is 2.38 bits per heavy atom. The number of hydrogen-bond donors (Lipinski definition) is 2. The number of halogens is 1. The SMILES string of the molecule is COC(=O)N[C@H](C(=O)O)c1ccc(F)cc1. The lowest BCUT2D eigenvalue weighted by Crippen LogP contribution is -2.33. The highest BCUT2D eigenvalue weighted by Gasteiger charge is 2.22. The van der Waals surface area contributed by atoms with Gasteiger partial charge in [-0.15, -0.1) is 0 Å². The number of amides is 1. The first-order chi connectivity index (χ1) is 7.54. The number of benzene rings is 1. The molecule has 0 spiro atoms. The third-order valence-electron chi connectivity index (χ3n) is 1.90. The van der Waals surface area contributed by atoms with E-state index < -0.39 is 23.9 Å². The van der Waals surface area contributed by atoms with Gasteiger partial charge in [0, 0.05) is 0 Å². The molecular weight excluding hydrogens is 217 g/mol. The van der Waals surface area contributed by atoms with E-state index in [-0.39, 0.29) is 5.56 Å². The molecule has 0 aliphatic heterocycles. The first kappa shape index (κ1) is 12.0. The van der Waals surface area contributed by atoms with Gasteiger partial charge in [0.2, 0.25) is 0 Å². The predicted molar refractivity (Wildman–Crippen MR) is 52.3 cm³/mol. The van der Waals surface area contributed by atoms with Gasteiger partial charge in [0.05, 0.1) is 7.11 Å². The molecule has 0 radical (unpaired) electrons. The zero-order valence-electron chi connectivity index (χ0n) is 8.44. The van der Waals surface area contributed by atoms with Crippen LogP contribution in [0.1, 0.15) is 11.6 Å². The fourth-order valence-corrected chi connectivity index (χ4v) is 1.12. The van der Waals surface area contributed by atoms with Gasteiger partial charge in [-0.05, 0) is 17.7 Å². The molecule has 0 fully saturated rings. The summed E-state index contributed by atoms with van der Waals surface area (Å²) in [6.07, 6.45) is -0.864. The van der Waals surface area contributed by atoms with Gasteiger partial charge in [-0.3, -0.25) is 0 Å². The van der Waals surface area contributed by atoms with Crippen molar-refractivity contribution in [2.24, 2.45) is 0 Å². The molecule has 0 bridgehead atoms. The molecule has 6 heteroatoms. The van der Waals surface area contributed by atoms with Crippen molar-refractivity contribution < 1.29 is 23.8 Å². The number of ether oxygens (including phenoxy) is 1. The molecule has 16 heavy (non-hydrogen) atoms. The van der Waals surface area contributed by atoms with Gasteiger partial charge in [0.25, 0.3) is 0 Å². The molecule has 0 heterocycles. The summed E-state index contributed by atoms with van der Waals surface area (Å²) in [5, 5.41) is 11.0. The molecule has 1 aromatic rings. The number of carbonyl (C=O) groups excluding carboxylic acids is 1. The Balaban J connectivity index is 2.89. The molecule has 0 aliphatic carbocycles. The Morgan fingerprint density at radius 1 is 1.38 bits per heavy atom. The number of carboxylic acid groups (broad SMARTS) is 1. The molecule has 1 aromatic carbocycles. The maximum absolute atomic E-state index is 12.6. The minimum atomic E-state index is -1.26. The fourth-order valence-electron chi connectivity index (χ4n) is 1.12. The second-order valence-corrected chi connectivity index (χ2v) is 2.96. The van der Waals surface area contributed by atoms with Crippen molar-refractivity contribution in [3.05, 3.63) is 35.6 Å². The van der Waals surface area contributed by atoms with Crippen molar-refractivity contribution in [3.8, 4) is 0 Å². The molecule has 0 unspecified atom stereocenters. The average Bonchev–Trinajstić information content (AvgIpc) is 2.26. The van der Waals surface area contributed by atoms with Crippen LogP contribution in [0.5, 0.6) is 0 Å². The van der Waals surface area contributed by atoms with Crippen molar-refractivity contribution in [3.63, 3.8) is 0 Å². The van der Waals surface area contributed by atoms with E-state index in [9.17, 15) is 14.0 Å². The van der Waals surface area contributed by atoms with Crippen LogP contribution in [0.15, 0.2) is 24.3 Å². The van der Waals surface area contributed by atoms with Crippen LogP contribution in [0, 0.1) is 5.82 Å². The molecule has 0 aromatic heterocycles. The van der Waals surface area contributed by atoms with Gasteiger partial charge in [0.15, 0.2) is 6.04 Å². The van der Waals surface area contributed by atoms with Crippen molar-refractivity contribution in [1.82, 2.24) is 5.32 Å². The minimum Gasteiger partial charge on any atom is -0.479 e. The molecule has 0 saturated heterocycles. The van der Waals surface area contributed by atoms with Gasteiger partial charge >= 0.3 is 12.1 Å². The molecule has 86 valence electrons. The number of hydrogen-bond acceptors (Lipinski definition) is 3. The minimum absolute atomic E-state index is 0.263. The van der Waals surface area contributed by atoms with Crippen molar-refractivity contribution in [2.45, 2.75) is 6.04 Å². The number of nitrogens with one attached hydrogen (secondary N) is 1. The number of carboxylic acids is 1. The van der Waals surface area contributed by atoms with Gasteiger partial charge < -0.3 is 15.2 Å². The molecule has 5 nitrogen and oxygen atoms in total. The fraction of sp³-hybridized carbons (Fsp3) is 0.200. The molecule has 0 aliphatic rings. The highest BCUT2D eigenvalue weighted by Crippen LogP contribution is 2.14. The van der Waals surface area contributed by atoms with E-state index in [0.29, 0.717) is 0 Å².